The Labute approximate surface area is 123 Å². The largest absolute Gasteiger partial charge is 0.445 e. The molecule has 0 aromatic carbocycles. The van der Waals surface area contributed by atoms with Crippen LogP contribution in [0.1, 0.15) is 27.7 Å². The van der Waals surface area contributed by atoms with Gasteiger partial charge in [0.15, 0.2) is 6.73 Å². The topological polar surface area (TPSA) is 140 Å². The first kappa shape index (κ1) is 18.8. The fourth-order valence-corrected chi connectivity index (χ4v) is 1.18. The molecule has 9 nitrogen and oxygen atoms in total. The summed E-state index contributed by atoms with van der Waals surface area (Å²) in [5.41, 5.74) is 5.36. The minimum absolute atomic E-state index is 0.272. The van der Waals surface area contributed by atoms with Gasteiger partial charge in [0, 0.05) is 6.92 Å². The second kappa shape index (κ2) is 8.90. The Hall–Kier alpha value is -2.16. The van der Waals surface area contributed by atoms with Crippen molar-refractivity contribution in [3.8, 4) is 0 Å². The molecule has 0 aromatic heterocycles. The monoisotopic (exact) mass is 302 g/mol. The maximum atomic E-state index is 11.8. The highest BCUT2D eigenvalue weighted by Gasteiger charge is 2.21. The average molecular weight is 302 g/mol. The lowest BCUT2D eigenvalue weighted by molar-refractivity contribution is -0.143. The van der Waals surface area contributed by atoms with Gasteiger partial charge in [-0.05, 0) is 20.8 Å². The number of hydrogen-bond donors (Lipinski definition) is 4. The Balaban J connectivity index is 4.21. The normalized spacial score (nSPS) is 14.3. The van der Waals surface area contributed by atoms with Gasteiger partial charge in [-0.1, -0.05) is 0 Å². The predicted molar refractivity (Wildman–Crippen MR) is 73.6 cm³/mol. The molecule has 9 heteroatoms. The van der Waals surface area contributed by atoms with Crippen molar-refractivity contribution in [3.05, 3.63) is 0 Å². The lowest BCUT2D eigenvalue weighted by Gasteiger charge is -2.19. The van der Waals surface area contributed by atoms with Gasteiger partial charge in [0.1, 0.15) is 12.1 Å². The highest BCUT2D eigenvalue weighted by molar-refractivity contribution is 5.92. The van der Waals surface area contributed by atoms with E-state index in [2.05, 4.69) is 20.7 Å². The number of nitrogens with one attached hydrogen (secondary N) is 3. The fraction of sp³-hybridized carbons (Fsp3) is 0.667. The van der Waals surface area contributed by atoms with Gasteiger partial charge < -0.3 is 26.4 Å². The van der Waals surface area contributed by atoms with Crippen LogP contribution in [0.4, 0.5) is 0 Å². The summed E-state index contributed by atoms with van der Waals surface area (Å²) < 4.78 is 4.54. The van der Waals surface area contributed by atoms with Gasteiger partial charge in [-0.3, -0.25) is 19.2 Å². The number of esters is 1. The Kier molecular flexibility index (Phi) is 7.99. The second-order valence-electron chi connectivity index (χ2n) is 4.57. The average Bonchev–Trinajstić information content (AvgIpc) is 2.37. The van der Waals surface area contributed by atoms with Crippen molar-refractivity contribution in [1.29, 1.82) is 0 Å². The molecule has 21 heavy (non-hydrogen) atoms. The number of carbonyl (C=O) groups is 4. The van der Waals surface area contributed by atoms with Crippen molar-refractivity contribution in [3.63, 3.8) is 0 Å². The van der Waals surface area contributed by atoms with Crippen LogP contribution < -0.4 is 21.7 Å². The first-order valence-corrected chi connectivity index (χ1v) is 6.42. The highest BCUT2D eigenvalue weighted by Crippen LogP contribution is 1.89. The quantitative estimate of drug-likeness (QED) is 0.316. The van der Waals surface area contributed by atoms with E-state index < -0.39 is 41.8 Å². The Bertz CT molecular complexity index is 410. The van der Waals surface area contributed by atoms with E-state index in [1.165, 1.54) is 27.7 Å². The summed E-state index contributed by atoms with van der Waals surface area (Å²) in [5, 5.41) is 7.13. The zero-order chi connectivity index (χ0) is 16.6. The van der Waals surface area contributed by atoms with Gasteiger partial charge >= 0.3 is 5.97 Å². The van der Waals surface area contributed by atoms with Crippen LogP contribution in [0.25, 0.3) is 0 Å². The third-order valence-electron chi connectivity index (χ3n) is 2.44. The standard InChI is InChI=1S/C12H22N4O5/c1-6(13)10(18)15-8(3)12(20)16-7(2)11(19)14-5-21-9(4)17/h6-8H,5,13H2,1-4H3,(H,14,19)(H,15,18)(H,16,20)/t6-,7+,8-/m0/s1. The lowest BCUT2D eigenvalue weighted by Crippen LogP contribution is -2.53. The summed E-state index contributed by atoms with van der Waals surface area (Å²) in [6, 6.07) is -2.40. The number of amides is 3. The Morgan fingerprint density at radius 3 is 1.90 bits per heavy atom. The van der Waals surface area contributed by atoms with Gasteiger partial charge in [-0.25, -0.2) is 0 Å². The first-order valence-electron chi connectivity index (χ1n) is 6.42. The van der Waals surface area contributed by atoms with Crippen molar-refractivity contribution < 1.29 is 23.9 Å². The minimum Gasteiger partial charge on any atom is -0.445 e. The molecule has 0 spiro atoms. The van der Waals surface area contributed by atoms with Gasteiger partial charge in [0.2, 0.25) is 17.7 Å². The van der Waals surface area contributed by atoms with E-state index in [0.717, 1.165) is 0 Å². The van der Waals surface area contributed by atoms with Crippen LogP contribution in [0.3, 0.4) is 0 Å². The molecule has 0 radical (unpaired) electrons. The molecule has 120 valence electrons. The highest BCUT2D eigenvalue weighted by atomic mass is 16.5. The number of hydrogen-bond acceptors (Lipinski definition) is 6. The van der Waals surface area contributed by atoms with Crippen molar-refractivity contribution in [2.45, 2.75) is 45.8 Å². The van der Waals surface area contributed by atoms with Crippen molar-refractivity contribution in [2.24, 2.45) is 5.73 Å². The summed E-state index contributed by atoms with van der Waals surface area (Å²) in [5.74, 6) is -2.04. The van der Waals surface area contributed by atoms with Gasteiger partial charge in [-0.2, -0.15) is 0 Å². The van der Waals surface area contributed by atoms with Crippen LogP contribution in [-0.4, -0.2) is 48.5 Å². The zero-order valence-corrected chi connectivity index (χ0v) is 12.6. The molecule has 0 aliphatic heterocycles. The van der Waals surface area contributed by atoms with Crippen LogP contribution in [-0.2, 0) is 23.9 Å². The molecule has 0 aliphatic carbocycles. The molecule has 0 saturated carbocycles. The van der Waals surface area contributed by atoms with E-state index in [9.17, 15) is 19.2 Å². The Morgan fingerprint density at radius 1 is 0.952 bits per heavy atom. The van der Waals surface area contributed by atoms with Gasteiger partial charge in [0.25, 0.3) is 0 Å². The number of rotatable bonds is 7. The number of nitrogens with two attached hydrogens (primary N) is 1. The molecule has 5 N–H and O–H groups in total. The zero-order valence-electron chi connectivity index (χ0n) is 12.6. The van der Waals surface area contributed by atoms with E-state index in [1.54, 1.807) is 0 Å². The molecular weight excluding hydrogens is 280 g/mol. The fourth-order valence-electron chi connectivity index (χ4n) is 1.18. The van der Waals surface area contributed by atoms with Crippen LogP contribution in [0.2, 0.25) is 0 Å². The van der Waals surface area contributed by atoms with E-state index >= 15 is 0 Å². The molecule has 0 heterocycles. The molecule has 0 unspecified atom stereocenters. The number of ether oxygens (including phenoxy) is 1. The molecule has 0 saturated heterocycles. The van der Waals surface area contributed by atoms with E-state index in [1.807, 2.05) is 0 Å². The van der Waals surface area contributed by atoms with Crippen molar-refractivity contribution in [1.82, 2.24) is 16.0 Å². The van der Waals surface area contributed by atoms with E-state index in [-0.39, 0.29) is 6.73 Å². The Morgan fingerprint density at radius 2 is 1.43 bits per heavy atom. The molecule has 0 bridgehead atoms. The molecule has 3 atom stereocenters. The van der Waals surface area contributed by atoms with Gasteiger partial charge in [0.05, 0.1) is 6.04 Å². The van der Waals surface area contributed by atoms with Gasteiger partial charge in [-0.15, -0.1) is 0 Å². The second-order valence-corrected chi connectivity index (χ2v) is 4.57. The summed E-state index contributed by atoms with van der Waals surface area (Å²) >= 11 is 0. The molecule has 0 fully saturated rings. The SMILES string of the molecule is CC(=O)OCNC(=O)[C@@H](C)NC(=O)[C@H](C)NC(=O)[C@H](C)N. The van der Waals surface area contributed by atoms with E-state index in [0.29, 0.717) is 0 Å². The van der Waals surface area contributed by atoms with E-state index in [4.69, 9.17) is 5.73 Å². The summed E-state index contributed by atoms with van der Waals surface area (Å²) in [4.78, 5) is 45.2. The summed E-state index contributed by atoms with van der Waals surface area (Å²) in [6.07, 6.45) is 0. The summed E-state index contributed by atoms with van der Waals surface area (Å²) in [7, 11) is 0. The molecular formula is C12H22N4O5. The molecule has 3 amide bonds. The smallest absolute Gasteiger partial charge is 0.304 e. The third kappa shape index (κ3) is 7.88. The van der Waals surface area contributed by atoms with Crippen LogP contribution >= 0.6 is 0 Å². The van der Waals surface area contributed by atoms with Crippen LogP contribution in [0.15, 0.2) is 0 Å². The maximum Gasteiger partial charge on any atom is 0.304 e. The number of carbonyl (C=O) groups excluding carboxylic acids is 4. The van der Waals surface area contributed by atoms with Crippen LogP contribution in [0, 0.1) is 0 Å². The molecule has 0 aromatic rings. The maximum absolute atomic E-state index is 11.8. The third-order valence-corrected chi connectivity index (χ3v) is 2.44. The minimum atomic E-state index is -0.845. The van der Waals surface area contributed by atoms with Crippen molar-refractivity contribution in [2.75, 3.05) is 6.73 Å². The molecule has 0 rings (SSSR count). The lowest BCUT2D eigenvalue weighted by atomic mass is 10.2. The van der Waals surface area contributed by atoms with Crippen molar-refractivity contribution >= 4 is 23.7 Å². The predicted octanol–water partition coefficient (Wildman–Crippen LogP) is -2.02. The first-order chi connectivity index (χ1) is 9.65. The summed E-state index contributed by atoms with van der Waals surface area (Å²) in [6.45, 7) is 5.36. The molecule has 0 aliphatic rings. The van der Waals surface area contributed by atoms with Crippen LogP contribution in [0.5, 0.6) is 0 Å².